The predicted molar refractivity (Wildman–Crippen MR) is 57.5 cm³/mol. The van der Waals surface area contributed by atoms with Crippen molar-refractivity contribution >= 4 is 16.9 Å². The summed E-state index contributed by atoms with van der Waals surface area (Å²) >= 11 is 1.69. The van der Waals surface area contributed by atoms with Crippen LogP contribution in [0.2, 0.25) is 0 Å². The Bertz CT molecular complexity index is 247. The Kier molecular flexibility index (Phi) is 2.99. The lowest BCUT2D eigenvalue weighted by Gasteiger charge is -2.33. The molecule has 0 spiro atoms. The molecule has 2 aliphatic rings. The molecule has 1 aliphatic heterocycles. The first kappa shape index (κ1) is 10.3. The molecule has 1 aliphatic carbocycles. The molecule has 3 N–H and O–H groups in total. The fourth-order valence-electron chi connectivity index (χ4n) is 2.20. The van der Waals surface area contributed by atoms with Gasteiger partial charge in [0.15, 0.2) is 5.17 Å². The lowest BCUT2D eigenvalue weighted by atomic mass is 9.84. The summed E-state index contributed by atoms with van der Waals surface area (Å²) in [5.74, 6) is 0.247. The van der Waals surface area contributed by atoms with Crippen molar-refractivity contribution in [3.63, 3.8) is 0 Å². The van der Waals surface area contributed by atoms with Gasteiger partial charge in [0.2, 0.25) is 0 Å². The van der Waals surface area contributed by atoms with Gasteiger partial charge in [-0.25, -0.2) is 0 Å². The van der Waals surface area contributed by atoms with Gasteiger partial charge in [-0.1, -0.05) is 11.8 Å². The van der Waals surface area contributed by atoms with E-state index >= 15 is 0 Å². The molecule has 0 bridgehead atoms. The zero-order valence-electron chi connectivity index (χ0n) is 8.18. The van der Waals surface area contributed by atoms with E-state index in [4.69, 9.17) is 5.11 Å². The van der Waals surface area contributed by atoms with Crippen LogP contribution >= 0.6 is 11.8 Å². The van der Waals surface area contributed by atoms with Crippen molar-refractivity contribution in [2.45, 2.75) is 30.2 Å². The van der Waals surface area contributed by atoms with Crippen LogP contribution in [0.3, 0.4) is 0 Å². The Hall–Kier alpha value is -0.260. The number of nitrogens with zero attached hydrogens (tertiary/aromatic N) is 1. The molecule has 1 heterocycles. The molecule has 1 saturated carbocycles. The summed E-state index contributed by atoms with van der Waals surface area (Å²) in [6.07, 6.45) is 1.31. The van der Waals surface area contributed by atoms with Crippen molar-refractivity contribution in [1.29, 1.82) is 0 Å². The molecule has 0 aromatic heterocycles. The summed E-state index contributed by atoms with van der Waals surface area (Å²) in [6, 6.07) is 0.126. The minimum Gasteiger partial charge on any atom is -0.396 e. The molecular formula is C9H16N2O2S. The zero-order valence-corrected chi connectivity index (χ0v) is 9.00. The van der Waals surface area contributed by atoms with Gasteiger partial charge in [0.1, 0.15) is 0 Å². The first-order valence-corrected chi connectivity index (χ1v) is 5.81. The molecule has 2 fully saturated rings. The van der Waals surface area contributed by atoms with Crippen LogP contribution in [0, 0.1) is 5.92 Å². The molecule has 0 radical (unpaired) electrons. The van der Waals surface area contributed by atoms with E-state index in [1.54, 1.807) is 18.8 Å². The molecular weight excluding hydrogens is 200 g/mol. The molecule has 80 valence electrons. The van der Waals surface area contributed by atoms with Crippen molar-refractivity contribution in [2.75, 3.05) is 13.7 Å². The molecule has 14 heavy (non-hydrogen) atoms. The molecule has 4 atom stereocenters. The van der Waals surface area contributed by atoms with Crippen LogP contribution in [0.1, 0.15) is 12.8 Å². The fraction of sp³-hybridized carbons (Fsp3) is 0.889. The number of rotatable bonds is 1. The van der Waals surface area contributed by atoms with Crippen molar-refractivity contribution in [3.05, 3.63) is 0 Å². The molecule has 1 saturated heterocycles. The van der Waals surface area contributed by atoms with Gasteiger partial charge < -0.3 is 15.5 Å². The highest BCUT2D eigenvalue weighted by atomic mass is 32.2. The van der Waals surface area contributed by atoms with Crippen LogP contribution in [-0.2, 0) is 0 Å². The van der Waals surface area contributed by atoms with Gasteiger partial charge >= 0.3 is 0 Å². The number of nitrogens with one attached hydrogen (secondary N) is 1. The first-order chi connectivity index (χ1) is 6.74. The molecule has 4 nitrogen and oxygen atoms in total. The number of aliphatic imine (C=N–C) groups is 1. The Labute approximate surface area is 87.8 Å². The molecule has 0 aromatic carbocycles. The summed E-state index contributed by atoms with van der Waals surface area (Å²) in [7, 11) is 1.75. The van der Waals surface area contributed by atoms with E-state index in [9.17, 15) is 5.11 Å². The van der Waals surface area contributed by atoms with Gasteiger partial charge in [0.05, 0.1) is 12.1 Å². The Morgan fingerprint density at radius 1 is 1.57 bits per heavy atom. The van der Waals surface area contributed by atoms with Crippen molar-refractivity contribution in [3.8, 4) is 0 Å². The maximum atomic E-state index is 9.85. The van der Waals surface area contributed by atoms with E-state index in [0.29, 0.717) is 11.7 Å². The third kappa shape index (κ3) is 1.76. The molecule has 0 amide bonds. The highest BCUT2D eigenvalue weighted by Crippen LogP contribution is 2.37. The number of aliphatic hydroxyl groups excluding tert-OH is 2. The average Bonchev–Trinajstić information content (AvgIpc) is 2.61. The van der Waals surface area contributed by atoms with E-state index < -0.39 is 0 Å². The average molecular weight is 216 g/mol. The minimum atomic E-state index is -0.349. The van der Waals surface area contributed by atoms with Gasteiger partial charge in [-0.2, -0.15) is 0 Å². The van der Waals surface area contributed by atoms with Crippen molar-refractivity contribution in [2.24, 2.45) is 10.9 Å². The highest BCUT2D eigenvalue weighted by Gasteiger charge is 2.42. The summed E-state index contributed by atoms with van der Waals surface area (Å²) in [4.78, 5) is 4.09. The third-order valence-electron chi connectivity index (χ3n) is 2.97. The second-order valence-corrected chi connectivity index (χ2v) is 5.17. The number of aliphatic hydroxyl groups is 2. The smallest absolute Gasteiger partial charge is 0.156 e. The normalized spacial score (nSPS) is 44.9. The summed E-state index contributed by atoms with van der Waals surface area (Å²) in [5, 5.41) is 23.4. The van der Waals surface area contributed by atoms with Gasteiger partial charge in [-0.15, -0.1) is 0 Å². The van der Waals surface area contributed by atoms with E-state index in [1.165, 1.54) is 0 Å². The minimum absolute atomic E-state index is 0.126. The Morgan fingerprint density at radius 2 is 2.36 bits per heavy atom. The predicted octanol–water partition coefficient (Wildman–Crippen LogP) is -0.191. The zero-order chi connectivity index (χ0) is 10.1. The monoisotopic (exact) mass is 216 g/mol. The topological polar surface area (TPSA) is 64.9 Å². The molecule has 2 rings (SSSR count). The van der Waals surface area contributed by atoms with Crippen molar-refractivity contribution < 1.29 is 10.2 Å². The van der Waals surface area contributed by atoms with E-state index in [2.05, 4.69) is 10.3 Å². The lowest BCUT2D eigenvalue weighted by Crippen LogP contribution is -2.48. The molecule has 0 aromatic rings. The third-order valence-corrected chi connectivity index (χ3v) is 4.28. The standard InChI is InChI=1S/C9H16N2O2S/c1-10-9-11-8-6(13)2-5(4-12)3-7(8)14-9/h5-8,12-13H,2-4H2,1H3,(H,10,11). The van der Waals surface area contributed by atoms with Gasteiger partial charge in [-0.3, -0.25) is 4.99 Å². The van der Waals surface area contributed by atoms with E-state index in [-0.39, 0.29) is 24.7 Å². The van der Waals surface area contributed by atoms with Crippen LogP contribution < -0.4 is 5.32 Å². The van der Waals surface area contributed by atoms with Crippen LogP contribution in [0.5, 0.6) is 0 Å². The van der Waals surface area contributed by atoms with E-state index in [1.807, 2.05) is 0 Å². The second-order valence-electron chi connectivity index (χ2n) is 3.94. The van der Waals surface area contributed by atoms with Crippen LogP contribution in [0.4, 0.5) is 0 Å². The Morgan fingerprint density at radius 3 is 3.00 bits per heavy atom. The Balaban J connectivity index is 2.06. The van der Waals surface area contributed by atoms with Gasteiger partial charge in [-0.05, 0) is 18.8 Å². The number of thioether (sulfide) groups is 1. The quantitative estimate of drug-likeness (QED) is 0.568. The fourth-order valence-corrected chi connectivity index (χ4v) is 3.56. The summed E-state index contributed by atoms with van der Waals surface area (Å²) in [5.41, 5.74) is 0. The van der Waals surface area contributed by atoms with Gasteiger partial charge in [0.25, 0.3) is 0 Å². The number of hydrogen-bond acceptors (Lipinski definition) is 4. The van der Waals surface area contributed by atoms with Crippen LogP contribution in [0.25, 0.3) is 0 Å². The summed E-state index contributed by atoms with van der Waals surface area (Å²) < 4.78 is 0. The molecule has 5 heteroatoms. The van der Waals surface area contributed by atoms with Gasteiger partial charge in [0, 0.05) is 18.9 Å². The number of amidine groups is 1. The van der Waals surface area contributed by atoms with E-state index in [0.717, 1.165) is 11.6 Å². The number of hydrogen-bond donors (Lipinski definition) is 3. The second kappa shape index (κ2) is 4.08. The first-order valence-electron chi connectivity index (χ1n) is 4.93. The van der Waals surface area contributed by atoms with Crippen LogP contribution in [0.15, 0.2) is 4.99 Å². The summed E-state index contributed by atoms with van der Waals surface area (Å²) in [6.45, 7) is 0.180. The lowest BCUT2D eigenvalue weighted by molar-refractivity contribution is 0.0586. The van der Waals surface area contributed by atoms with Crippen LogP contribution in [-0.4, -0.2) is 46.4 Å². The highest BCUT2D eigenvalue weighted by molar-refractivity contribution is 8.14. The number of fused-ring (bicyclic) bond motifs is 1. The maximum absolute atomic E-state index is 9.85. The largest absolute Gasteiger partial charge is 0.396 e. The SMILES string of the molecule is CN=C1NC2C(O)CC(CO)CC2S1. The molecule has 4 unspecified atom stereocenters. The van der Waals surface area contributed by atoms with Crippen molar-refractivity contribution in [1.82, 2.24) is 5.32 Å². The maximum Gasteiger partial charge on any atom is 0.156 e.